The summed E-state index contributed by atoms with van der Waals surface area (Å²) in [4.78, 5) is 10.7. The summed E-state index contributed by atoms with van der Waals surface area (Å²) in [6.45, 7) is 1.82. The van der Waals surface area contributed by atoms with Crippen LogP contribution in [-0.2, 0) is 21.3 Å². The van der Waals surface area contributed by atoms with E-state index in [9.17, 15) is 18.3 Å². The SMILES string of the molecule is Cc1ccc(S(=O)(=O)Oc2cc(C[C@H](N)C(=O)O)ccc2O)cc1. The van der Waals surface area contributed by atoms with Gasteiger partial charge in [0.25, 0.3) is 0 Å². The summed E-state index contributed by atoms with van der Waals surface area (Å²) in [6, 6.07) is 8.82. The minimum atomic E-state index is -4.12. The fourth-order valence-corrected chi connectivity index (χ4v) is 2.90. The molecule has 0 aliphatic rings. The van der Waals surface area contributed by atoms with Crippen molar-refractivity contribution in [2.45, 2.75) is 24.3 Å². The van der Waals surface area contributed by atoms with Crippen LogP contribution in [0.2, 0.25) is 0 Å². The number of hydrogen-bond acceptors (Lipinski definition) is 6. The monoisotopic (exact) mass is 351 g/mol. The predicted molar refractivity (Wildman–Crippen MR) is 86.4 cm³/mol. The van der Waals surface area contributed by atoms with Crippen molar-refractivity contribution in [3.05, 3.63) is 53.6 Å². The Morgan fingerprint density at radius 2 is 1.83 bits per heavy atom. The molecule has 4 N–H and O–H groups in total. The second kappa shape index (κ2) is 6.90. The quantitative estimate of drug-likeness (QED) is 0.672. The summed E-state index contributed by atoms with van der Waals surface area (Å²) in [5, 5.41) is 18.6. The summed E-state index contributed by atoms with van der Waals surface area (Å²) < 4.78 is 29.5. The molecule has 7 nitrogen and oxygen atoms in total. The van der Waals surface area contributed by atoms with Gasteiger partial charge in [-0.15, -0.1) is 0 Å². The number of carboxylic acids is 1. The number of phenolic OH excluding ortho intramolecular Hbond substituents is 1. The number of phenols is 1. The van der Waals surface area contributed by atoms with Gasteiger partial charge in [-0.25, -0.2) is 0 Å². The van der Waals surface area contributed by atoms with Crippen LogP contribution >= 0.6 is 0 Å². The molecule has 0 spiro atoms. The number of aromatic hydroxyl groups is 1. The van der Waals surface area contributed by atoms with Gasteiger partial charge in [0.05, 0.1) is 0 Å². The molecule has 0 radical (unpaired) electrons. The Bertz CT molecular complexity index is 845. The Morgan fingerprint density at radius 1 is 1.21 bits per heavy atom. The van der Waals surface area contributed by atoms with E-state index in [0.717, 1.165) is 5.56 Å². The van der Waals surface area contributed by atoms with E-state index >= 15 is 0 Å². The number of hydrogen-bond donors (Lipinski definition) is 3. The molecule has 2 aromatic rings. The van der Waals surface area contributed by atoms with Gasteiger partial charge in [-0.05, 0) is 43.2 Å². The summed E-state index contributed by atoms with van der Waals surface area (Å²) in [5.74, 6) is -1.85. The van der Waals surface area contributed by atoms with Crippen molar-refractivity contribution in [1.29, 1.82) is 0 Å². The van der Waals surface area contributed by atoms with Crippen LogP contribution in [0.1, 0.15) is 11.1 Å². The molecule has 2 aromatic carbocycles. The molecule has 0 unspecified atom stereocenters. The van der Waals surface area contributed by atoms with Crippen LogP contribution in [0.5, 0.6) is 11.5 Å². The Balaban J connectivity index is 2.28. The number of aryl methyl sites for hydroxylation is 1. The third-order valence-electron chi connectivity index (χ3n) is 3.31. The second-order valence-electron chi connectivity index (χ2n) is 5.30. The van der Waals surface area contributed by atoms with Crippen LogP contribution in [0.25, 0.3) is 0 Å². The summed E-state index contributed by atoms with van der Waals surface area (Å²) in [5.41, 5.74) is 6.77. The van der Waals surface area contributed by atoms with E-state index in [0.29, 0.717) is 5.56 Å². The Labute approximate surface area is 139 Å². The minimum Gasteiger partial charge on any atom is -0.504 e. The van der Waals surface area contributed by atoms with E-state index in [1.807, 2.05) is 6.92 Å². The first-order valence-electron chi connectivity index (χ1n) is 7.00. The third kappa shape index (κ3) is 4.24. The highest BCUT2D eigenvalue weighted by Gasteiger charge is 2.20. The van der Waals surface area contributed by atoms with Crippen LogP contribution in [0.3, 0.4) is 0 Å². The highest BCUT2D eigenvalue weighted by Crippen LogP contribution is 2.30. The number of rotatable bonds is 6. The molecule has 0 aliphatic carbocycles. The lowest BCUT2D eigenvalue weighted by Crippen LogP contribution is -2.32. The molecule has 0 aromatic heterocycles. The number of carboxylic acid groups (broad SMARTS) is 1. The maximum Gasteiger partial charge on any atom is 0.339 e. The molecule has 0 fully saturated rings. The first-order valence-corrected chi connectivity index (χ1v) is 8.41. The van der Waals surface area contributed by atoms with E-state index in [-0.39, 0.29) is 22.8 Å². The van der Waals surface area contributed by atoms with Gasteiger partial charge >= 0.3 is 16.1 Å². The van der Waals surface area contributed by atoms with E-state index in [4.69, 9.17) is 15.0 Å². The predicted octanol–water partition coefficient (Wildman–Crippen LogP) is 1.42. The van der Waals surface area contributed by atoms with Crippen LogP contribution in [-0.4, -0.2) is 30.6 Å². The van der Waals surface area contributed by atoms with Crippen molar-refractivity contribution in [1.82, 2.24) is 0 Å². The number of benzene rings is 2. The Kier molecular flexibility index (Phi) is 5.10. The Hall–Kier alpha value is -2.58. The first-order chi connectivity index (χ1) is 11.2. The molecule has 24 heavy (non-hydrogen) atoms. The van der Waals surface area contributed by atoms with Gasteiger partial charge in [-0.1, -0.05) is 23.8 Å². The number of aliphatic carboxylic acids is 1. The number of carbonyl (C=O) groups is 1. The van der Waals surface area contributed by atoms with Crippen molar-refractivity contribution in [2.24, 2.45) is 5.73 Å². The second-order valence-corrected chi connectivity index (χ2v) is 6.85. The number of nitrogens with two attached hydrogens (primary N) is 1. The maximum absolute atomic E-state index is 12.3. The Morgan fingerprint density at radius 3 is 2.42 bits per heavy atom. The molecule has 128 valence electrons. The molecule has 2 rings (SSSR count). The minimum absolute atomic E-state index is 0.0312. The van der Waals surface area contributed by atoms with Crippen molar-refractivity contribution >= 4 is 16.1 Å². The maximum atomic E-state index is 12.3. The van der Waals surface area contributed by atoms with Crippen LogP contribution < -0.4 is 9.92 Å². The average molecular weight is 351 g/mol. The van der Waals surface area contributed by atoms with E-state index in [1.165, 1.54) is 30.3 Å². The highest BCUT2D eigenvalue weighted by molar-refractivity contribution is 7.87. The van der Waals surface area contributed by atoms with Crippen molar-refractivity contribution in [2.75, 3.05) is 0 Å². The van der Waals surface area contributed by atoms with Crippen LogP contribution in [0.15, 0.2) is 47.4 Å². The standard InChI is InChI=1S/C16H17NO6S/c1-10-2-5-12(6-3-10)24(21,22)23-15-9-11(4-7-14(15)18)8-13(17)16(19)20/h2-7,9,13,18H,8,17H2,1H3,(H,19,20)/t13-/m0/s1. The molecule has 0 bridgehead atoms. The molecule has 0 amide bonds. The first kappa shape index (κ1) is 17.8. The van der Waals surface area contributed by atoms with Crippen molar-refractivity contribution in [3.8, 4) is 11.5 Å². The molecule has 8 heteroatoms. The molecule has 0 saturated heterocycles. The van der Waals surface area contributed by atoms with E-state index < -0.39 is 22.1 Å². The third-order valence-corrected chi connectivity index (χ3v) is 4.55. The molecular weight excluding hydrogens is 334 g/mol. The highest BCUT2D eigenvalue weighted by atomic mass is 32.2. The smallest absolute Gasteiger partial charge is 0.339 e. The van der Waals surface area contributed by atoms with Gasteiger partial charge in [-0.2, -0.15) is 8.42 Å². The van der Waals surface area contributed by atoms with Gasteiger partial charge in [0, 0.05) is 0 Å². The largest absolute Gasteiger partial charge is 0.504 e. The summed E-state index contributed by atoms with van der Waals surface area (Å²) >= 11 is 0. The molecular formula is C16H17NO6S. The van der Waals surface area contributed by atoms with Gasteiger partial charge in [0.15, 0.2) is 11.5 Å². The van der Waals surface area contributed by atoms with Gasteiger partial charge in [-0.3, -0.25) is 4.79 Å². The molecule has 0 saturated carbocycles. The lowest BCUT2D eigenvalue weighted by Gasteiger charge is -2.11. The topological polar surface area (TPSA) is 127 Å². The van der Waals surface area contributed by atoms with Crippen LogP contribution in [0.4, 0.5) is 0 Å². The van der Waals surface area contributed by atoms with Crippen LogP contribution in [0, 0.1) is 6.92 Å². The zero-order valence-corrected chi connectivity index (χ0v) is 13.7. The summed E-state index contributed by atoms with van der Waals surface area (Å²) in [7, 11) is -4.12. The van der Waals surface area contributed by atoms with Crippen molar-refractivity contribution < 1.29 is 27.6 Å². The molecule has 0 heterocycles. The van der Waals surface area contributed by atoms with Crippen molar-refractivity contribution in [3.63, 3.8) is 0 Å². The van der Waals surface area contributed by atoms with E-state index in [1.54, 1.807) is 12.1 Å². The molecule has 1 atom stereocenters. The fraction of sp³-hybridized carbons (Fsp3) is 0.188. The fourth-order valence-electron chi connectivity index (χ4n) is 1.96. The lowest BCUT2D eigenvalue weighted by atomic mass is 10.1. The van der Waals surface area contributed by atoms with Gasteiger partial charge < -0.3 is 20.1 Å². The molecule has 0 aliphatic heterocycles. The zero-order valence-electron chi connectivity index (χ0n) is 12.8. The zero-order chi connectivity index (χ0) is 17.9. The van der Waals surface area contributed by atoms with Gasteiger partial charge in [0.1, 0.15) is 10.9 Å². The summed E-state index contributed by atoms with van der Waals surface area (Å²) in [6.07, 6.45) is -0.0312. The average Bonchev–Trinajstić information content (AvgIpc) is 2.50. The van der Waals surface area contributed by atoms with E-state index in [2.05, 4.69) is 0 Å². The normalized spacial score (nSPS) is 12.6. The lowest BCUT2D eigenvalue weighted by molar-refractivity contribution is -0.138. The van der Waals surface area contributed by atoms with Gasteiger partial charge in [0.2, 0.25) is 0 Å².